The number of likely N-dealkylation sites (N-methyl/N-ethyl adjacent to an activating group) is 1. The van der Waals surface area contributed by atoms with Crippen LogP contribution in [-0.4, -0.2) is 67.7 Å². The molecule has 0 aromatic heterocycles. The van der Waals surface area contributed by atoms with E-state index in [1.165, 1.54) is 4.74 Å². The quantitative estimate of drug-likeness (QED) is 0.360. The largest absolute Gasteiger partial charge is 0.462 e. The van der Waals surface area contributed by atoms with Crippen molar-refractivity contribution in [3.63, 3.8) is 0 Å². The molecule has 0 spiro atoms. The van der Waals surface area contributed by atoms with Crippen molar-refractivity contribution in [2.24, 2.45) is 0 Å². The highest BCUT2D eigenvalue weighted by molar-refractivity contribution is 4.93. The number of hydrogen-bond donors (Lipinski definition) is 0. The van der Waals surface area contributed by atoms with Gasteiger partial charge in [0.1, 0.15) is 0 Å². The molecule has 3 nitrogen and oxygen atoms in total. The van der Waals surface area contributed by atoms with E-state index in [2.05, 4.69) is 4.74 Å². The number of rotatable bonds is 8. The Kier molecular flexibility index (Phi) is 7.15. The monoisotopic (exact) mass is 477 g/mol. The van der Waals surface area contributed by atoms with Crippen molar-refractivity contribution in [2.45, 2.75) is 48.8 Å². The minimum Gasteiger partial charge on any atom is -0.273 e. The molecule has 0 aromatic carbocycles. The number of halogens is 16. The summed E-state index contributed by atoms with van der Waals surface area (Å²) in [5, 5.41) is 0. The van der Waals surface area contributed by atoms with Crippen LogP contribution in [0.1, 0.15) is 0 Å². The highest BCUT2D eigenvalue weighted by Gasteiger charge is 2.84. The third-order valence-electron chi connectivity index (χ3n) is 2.85. The molecule has 29 heavy (non-hydrogen) atoms. The average molecular weight is 477 g/mol. The van der Waals surface area contributed by atoms with Crippen LogP contribution in [0, 0.1) is 0 Å². The lowest BCUT2D eigenvalue weighted by Gasteiger charge is -2.39. The van der Waals surface area contributed by atoms with Crippen LogP contribution in [0.3, 0.4) is 0 Å². The Bertz CT molecular complexity index is 569. The van der Waals surface area contributed by atoms with Crippen LogP contribution in [0.15, 0.2) is 0 Å². The van der Waals surface area contributed by atoms with Gasteiger partial charge in [-0.15, -0.1) is 0 Å². The summed E-state index contributed by atoms with van der Waals surface area (Å²) >= 11 is 0. The summed E-state index contributed by atoms with van der Waals surface area (Å²) in [5.74, 6) is -15.3. The van der Waals surface area contributed by atoms with Crippen LogP contribution in [0.4, 0.5) is 70.2 Å². The van der Waals surface area contributed by atoms with Crippen LogP contribution >= 0.6 is 0 Å². The molecule has 2 atom stereocenters. The molecule has 0 heterocycles. The van der Waals surface area contributed by atoms with Crippen LogP contribution < -0.4 is 0 Å². The normalized spacial score (nSPS) is 18.7. The zero-order valence-corrected chi connectivity index (χ0v) is 13.4. The molecule has 0 saturated heterocycles. The Morgan fingerprint density at radius 3 is 1.28 bits per heavy atom. The van der Waals surface area contributed by atoms with E-state index in [1.807, 2.05) is 0 Å². The van der Waals surface area contributed by atoms with Gasteiger partial charge in [-0.3, -0.25) is 9.47 Å². The van der Waals surface area contributed by atoms with Crippen LogP contribution in [0.2, 0.25) is 0 Å². The summed E-state index contributed by atoms with van der Waals surface area (Å²) in [5.41, 5.74) is 0. The molecule has 0 rings (SSSR count). The van der Waals surface area contributed by atoms with E-state index >= 15 is 0 Å². The van der Waals surface area contributed by atoms with Gasteiger partial charge in [-0.2, -0.15) is 65.9 Å². The van der Waals surface area contributed by atoms with Crippen LogP contribution in [0.5, 0.6) is 0 Å². The molecule has 0 aromatic rings. The SMILES string of the molecule is CN(C)C(F)(F)C(F)OC(F)(F)C(F)(OC(F)(F)C(F)(F)C(F)(F)F)C(F)(F)F. The fourth-order valence-electron chi connectivity index (χ4n) is 1.17. The van der Waals surface area contributed by atoms with Gasteiger partial charge in [0.15, 0.2) is 0 Å². The number of alkyl halides is 16. The van der Waals surface area contributed by atoms with Gasteiger partial charge in [0.05, 0.1) is 0 Å². The molecule has 0 N–H and O–H groups in total. The Labute approximate surface area is 149 Å². The molecule has 0 fully saturated rings. The first-order chi connectivity index (χ1) is 12.3. The van der Waals surface area contributed by atoms with E-state index in [0.717, 1.165) is 0 Å². The molecule has 0 aliphatic rings. The van der Waals surface area contributed by atoms with E-state index in [-0.39, 0.29) is 14.1 Å². The van der Waals surface area contributed by atoms with Crippen molar-refractivity contribution in [3.05, 3.63) is 0 Å². The van der Waals surface area contributed by atoms with Crippen molar-refractivity contribution < 1.29 is 79.7 Å². The second-order valence-electron chi connectivity index (χ2n) is 5.22. The molecule has 0 saturated carbocycles. The molecule has 2 unspecified atom stereocenters. The number of ether oxygens (including phenoxy) is 2. The maximum absolute atomic E-state index is 13.6. The fraction of sp³-hybridized carbons (Fsp3) is 1.00. The summed E-state index contributed by atoms with van der Waals surface area (Å²) in [6, 6.07) is -5.28. The molecule has 0 bridgehead atoms. The third kappa shape index (κ3) is 4.92. The maximum atomic E-state index is 13.6. The zero-order valence-electron chi connectivity index (χ0n) is 13.4. The number of nitrogens with zero attached hydrogens (tertiary/aromatic N) is 1. The number of hydrogen-bond acceptors (Lipinski definition) is 3. The zero-order chi connectivity index (χ0) is 24.1. The van der Waals surface area contributed by atoms with Crippen molar-refractivity contribution in [2.75, 3.05) is 14.1 Å². The smallest absolute Gasteiger partial charge is 0.273 e. The predicted molar refractivity (Wildman–Crippen MR) is 56.5 cm³/mol. The summed E-state index contributed by atoms with van der Waals surface area (Å²) < 4.78 is 207. The molecule has 19 heteroatoms. The van der Waals surface area contributed by atoms with E-state index in [4.69, 9.17) is 0 Å². The second kappa shape index (κ2) is 7.47. The lowest BCUT2D eigenvalue weighted by Crippen LogP contribution is -2.66. The topological polar surface area (TPSA) is 21.7 Å². The molecular formula is C10H7F16NO2. The van der Waals surface area contributed by atoms with E-state index < -0.39 is 53.7 Å². The first kappa shape index (κ1) is 27.8. The molecule has 0 aliphatic heterocycles. The minimum absolute atomic E-state index is 0.217. The summed E-state index contributed by atoms with van der Waals surface area (Å²) in [6.45, 7) is 0. The van der Waals surface area contributed by atoms with E-state index in [9.17, 15) is 70.2 Å². The average Bonchev–Trinajstić information content (AvgIpc) is 2.42. The summed E-state index contributed by atoms with van der Waals surface area (Å²) in [4.78, 5) is -0.630. The van der Waals surface area contributed by atoms with Gasteiger partial charge in [0.2, 0.25) is 0 Å². The second-order valence-corrected chi connectivity index (χ2v) is 5.22. The molecule has 176 valence electrons. The predicted octanol–water partition coefficient (Wildman–Crippen LogP) is 5.08. The van der Waals surface area contributed by atoms with Gasteiger partial charge in [0, 0.05) is 0 Å². The fourth-order valence-corrected chi connectivity index (χ4v) is 1.17. The molecule has 0 aliphatic carbocycles. The third-order valence-corrected chi connectivity index (χ3v) is 2.85. The Morgan fingerprint density at radius 2 is 1.00 bits per heavy atom. The molecular weight excluding hydrogens is 470 g/mol. The van der Waals surface area contributed by atoms with Crippen molar-refractivity contribution in [3.8, 4) is 0 Å². The van der Waals surface area contributed by atoms with Gasteiger partial charge >= 0.3 is 42.4 Å². The Morgan fingerprint density at radius 1 is 0.621 bits per heavy atom. The lowest BCUT2D eigenvalue weighted by atomic mass is 10.2. The first-order valence-electron chi connectivity index (χ1n) is 6.31. The summed E-state index contributed by atoms with van der Waals surface area (Å²) in [6.07, 6.45) is -35.0. The highest BCUT2D eigenvalue weighted by atomic mass is 19.4. The van der Waals surface area contributed by atoms with Crippen LogP contribution in [-0.2, 0) is 9.47 Å². The standard InChI is InChI=1S/C10H7F16NO2/c1-27(2)4(12,13)3(11)28-10(25,26)6(16,8(20,21)22)29-9(23,24)5(14,15)7(17,18)19/h3H,1-2H3. The Hall–Kier alpha value is -1.24. The van der Waals surface area contributed by atoms with Gasteiger partial charge in [0.25, 0.3) is 6.36 Å². The highest BCUT2D eigenvalue weighted by Crippen LogP contribution is 2.55. The van der Waals surface area contributed by atoms with Gasteiger partial charge in [-0.05, 0) is 14.1 Å². The van der Waals surface area contributed by atoms with E-state index in [0.29, 0.717) is 0 Å². The minimum atomic E-state index is -7.70. The van der Waals surface area contributed by atoms with Crippen molar-refractivity contribution in [1.29, 1.82) is 0 Å². The Balaban J connectivity index is 6.27. The van der Waals surface area contributed by atoms with Crippen molar-refractivity contribution in [1.82, 2.24) is 4.90 Å². The lowest BCUT2D eigenvalue weighted by molar-refractivity contribution is -0.542. The van der Waals surface area contributed by atoms with E-state index in [1.54, 1.807) is 0 Å². The van der Waals surface area contributed by atoms with Gasteiger partial charge in [-0.1, -0.05) is 0 Å². The first-order valence-corrected chi connectivity index (χ1v) is 6.31. The summed E-state index contributed by atoms with van der Waals surface area (Å²) in [7, 11) is 0.435. The van der Waals surface area contributed by atoms with Crippen LogP contribution in [0.25, 0.3) is 0 Å². The van der Waals surface area contributed by atoms with Crippen molar-refractivity contribution >= 4 is 0 Å². The molecule has 0 amide bonds. The van der Waals surface area contributed by atoms with Gasteiger partial charge < -0.3 is 0 Å². The molecule has 0 radical (unpaired) electrons. The van der Waals surface area contributed by atoms with Gasteiger partial charge in [-0.25, -0.2) is 9.29 Å². The maximum Gasteiger partial charge on any atom is 0.462 e.